The lowest BCUT2D eigenvalue weighted by atomic mass is 10.1. The minimum Gasteiger partial charge on any atom is -0.357 e. The molecule has 4 nitrogen and oxygen atoms in total. The predicted molar refractivity (Wildman–Crippen MR) is 95.4 cm³/mol. The molecule has 0 saturated heterocycles. The zero-order valence-electron chi connectivity index (χ0n) is 13.7. The van der Waals surface area contributed by atoms with Gasteiger partial charge in [0.25, 0.3) is 0 Å². The molecule has 2 N–H and O–H groups in total. The van der Waals surface area contributed by atoms with Gasteiger partial charge in [0, 0.05) is 37.4 Å². The summed E-state index contributed by atoms with van der Waals surface area (Å²) in [6, 6.07) is 6.42. The van der Waals surface area contributed by atoms with Gasteiger partial charge in [-0.05, 0) is 42.3 Å². The molecule has 0 saturated carbocycles. The van der Waals surface area contributed by atoms with Gasteiger partial charge >= 0.3 is 0 Å². The van der Waals surface area contributed by atoms with Crippen LogP contribution in [0.4, 0.5) is 0 Å². The molecule has 0 radical (unpaired) electrons. The molecule has 120 valence electrons. The first-order valence-corrected chi connectivity index (χ1v) is 8.70. The van der Waals surface area contributed by atoms with Crippen molar-refractivity contribution in [3.8, 4) is 0 Å². The van der Waals surface area contributed by atoms with Crippen LogP contribution in [0.5, 0.6) is 0 Å². The fraction of sp³-hybridized carbons (Fsp3) is 0.471. The number of hydrogen-bond acceptors (Lipinski definition) is 2. The van der Waals surface area contributed by atoms with Crippen molar-refractivity contribution < 1.29 is 0 Å². The minimum absolute atomic E-state index is 0.583. The highest BCUT2D eigenvalue weighted by atomic mass is 32.1. The summed E-state index contributed by atoms with van der Waals surface area (Å²) in [5.74, 6) is 1.48. The normalized spacial score (nSPS) is 13.1. The maximum Gasteiger partial charge on any atom is 0.191 e. The lowest BCUT2D eigenvalue weighted by molar-refractivity contribution is 0.562. The summed E-state index contributed by atoms with van der Waals surface area (Å²) in [7, 11) is 2.03. The summed E-state index contributed by atoms with van der Waals surface area (Å²) >= 11 is 1.83. The number of hydrogen-bond donors (Lipinski definition) is 2. The average Bonchev–Trinajstić information content (AvgIpc) is 3.13. The summed E-state index contributed by atoms with van der Waals surface area (Å²) in [6.45, 7) is 6.87. The number of nitrogens with one attached hydrogen (secondary N) is 2. The standard InChI is InChI=1S/C17H26N4S/c1-4-18-17(20-12-15-7-8-21(3)13-15)19-11-14(2)10-16-6-5-9-22-16/h5-9,13-14H,4,10-12H2,1-3H3,(H2,18,19,20). The molecule has 0 bridgehead atoms. The molecule has 0 spiro atoms. The first-order valence-electron chi connectivity index (χ1n) is 7.82. The monoisotopic (exact) mass is 318 g/mol. The zero-order valence-corrected chi connectivity index (χ0v) is 14.5. The molecule has 2 aromatic heterocycles. The van der Waals surface area contributed by atoms with Crippen molar-refractivity contribution in [2.24, 2.45) is 18.0 Å². The van der Waals surface area contributed by atoms with Gasteiger partial charge in [0.2, 0.25) is 0 Å². The maximum absolute atomic E-state index is 4.65. The second-order valence-electron chi connectivity index (χ2n) is 5.65. The Bertz CT molecular complexity index is 571. The van der Waals surface area contributed by atoms with Crippen LogP contribution >= 0.6 is 11.3 Å². The molecule has 2 heterocycles. The third kappa shape index (κ3) is 5.56. The van der Waals surface area contributed by atoms with Crippen molar-refractivity contribution in [3.63, 3.8) is 0 Å². The number of guanidine groups is 1. The summed E-state index contributed by atoms with van der Waals surface area (Å²) in [5.41, 5.74) is 1.23. The van der Waals surface area contributed by atoms with Crippen molar-refractivity contribution in [2.75, 3.05) is 13.1 Å². The van der Waals surface area contributed by atoms with Gasteiger partial charge in [-0.2, -0.15) is 0 Å². The Balaban J connectivity index is 1.82. The van der Waals surface area contributed by atoms with E-state index in [2.05, 4.69) is 59.2 Å². The van der Waals surface area contributed by atoms with E-state index in [-0.39, 0.29) is 0 Å². The van der Waals surface area contributed by atoms with Crippen LogP contribution in [0.2, 0.25) is 0 Å². The molecule has 1 unspecified atom stereocenters. The van der Waals surface area contributed by atoms with Gasteiger partial charge in [0.05, 0.1) is 6.54 Å². The Morgan fingerprint density at radius 3 is 2.86 bits per heavy atom. The van der Waals surface area contributed by atoms with E-state index in [4.69, 9.17) is 0 Å². The molecule has 2 aromatic rings. The lowest BCUT2D eigenvalue weighted by Gasteiger charge is -2.15. The van der Waals surface area contributed by atoms with E-state index >= 15 is 0 Å². The summed E-state index contributed by atoms with van der Waals surface area (Å²) in [6.07, 6.45) is 5.27. The SMILES string of the molecule is CCNC(=NCc1ccn(C)c1)NCC(C)Cc1cccs1. The van der Waals surface area contributed by atoms with Crippen LogP contribution < -0.4 is 10.6 Å². The van der Waals surface area contributed by atoms with E-state index in [1.165, 1.54) is 10.4 Å². The van der Waals surface area contributed by atoms with Gasteiger partial charge < -0.3 is 15.2 Å². The van der Waals surface area contributed by atoms with Crippen molar-refractivity contribution in [3.05, 3.63) is 46.4 Å². The smallest absolute Gasteiger partial charge is 0.191 e. The molecular formula is C17H26N4S. The number of nitrogens with zero attached hydrogens (tertiary/aromatic N) is 2. The van der Waals surface area contributed by atoms with E-state index in [0.29, 0.717) is 12.5 Å². The molecule has 1 atom stereocenters. The molecule has 22 heavy (non-hydrogen) atoms. The second-order valence-corrected chi connectivity index (χ2v) is 6.68. The molecule has 0 fully saturated rings. The molecule has 5 heteroatoms. The fourth-order valence-corrected chi connectivity index (χ4v) is 3.15. The average molecular weight is 318 g/mol. The molecule has 2 rings (SSSR count). The van der Waals surface area contributed by atoms with E-state index in [1.54, 1.807) is 0 Å². The largest absolute Gasteiger partial charge is 0.357 e. The number of aromatic nitrogens is 1. The van der Waals surface area contributed by atoms with Crippen LogP contribution in [0.3, 0.4) is 0 Å². The van der Waals surface area contributed by atoms with Crippen molar-refractivity contribution >= 4 is 17.3 Å². The van der Waals surface area contributed by atoms with Crippen LogP contribution in [-0.2, 0) is 20.0 Å². The number of thiophene rings is 1. The van der Waals surface area contributed by atoms with Crippen LogP contribution in [-0.4, -0.2) is 23.6 Å². The van der Waals surface area contributed by atoms with E-state index in [9.17, 15) is 0 Å². The van der Waals surface area contributed by atoms with Gasteiger partial charge in [-0.25, -0.2) is 4.99 Å². The zero-order chi connectivity index (χ0) is 15.8. The van der Waals surface area contributed by atoms with Gasteiger partial charge in [0.15, 0.2) is 5.96 Å². The third-order valence-corrected chi connectivity index (χ3v) is 4.30. The molecule has 0 aliphatic carbocycles. The highest BCUT2D eigenvalue weighted by molar-refractivity contribution is 7.09. The molecule has 0 aliphatic rings. The Kier molecular flexibility index (Phi) is 6.52. The lowest BCUT2D eigenvalue weighted by Crippen LogP contribution is -2.39. The molecule has 0 amide bonds. The fourth-order valence-electron chi connectivity index (χ4n) is 2.28. The van der Waals surface area contributed by atoms with Crippen molar-refractivity contribution in [1.82, 2.24) is 15.2 Å². The highest BCUT2D eigenvalue weighted by Crippen LogP contribution is 2.13. The van der Waals surface area contributed by atoms with Gasteiger partial charge in [-0.1, -0.05) is 13.0 Å². The Hall–Kier alpha value is -1.75. The Labute approximate surface area is 137 Å². The third-order valence-electron chi connectivity index (χ3n) is 3.40. The van der Waals surface area contributed by atoms with Gasteiger partial charge in [0.1, 0.15) is 0 Å². The van der Waals surface area contributed by atoms with Crippen LogP contribution in [0, 0.1) is 5.92 Å². The quantitative estimate of drug-likeness (QED) is 0.608. The number of aliphatic imine (C=N–C) groups is 1. The number of aryl methyl sites for hydroxylation is 1. The highest BCUT2D eigenvalue weighted by Gasteiger charge is 2.06. The van der Waals surface area contributed by atoms with Crippen molar-refractivity contribution in [1.29, 1.82) is 0 Å². The molecular weight excluding hydrogens is 292 g/mol. The van der Waals surface area contributed by atoms with Crippen molar-refractivity contribution in [2.45, 2.75) is 26.8 Å². The summed E-state index contributed by atoms with van der Waals surface area (Å²) < 4.78 is 2.05. The number of rotatable bonds is 7. The topological polar surface area (TPSA) is 41.4 Å². The molecule has 0 aliphatic heterocycles. The van der Waals surface area contributed by atoms with Crippen LogP contribution in [0.15, 0.2) is 41.0 Å². The Morgan fingerprint density at radius 1 is 1.36 bits per heavy atom. The first-order chi connectivity index (χ1) is 10.7. The Morgan fingerprint density at radius 2 is 2.23 bits per heavy atom. The first kappa shape index (κ1) is 16.6. The van der Waals surface area contributed by atoms with E-state index < -0.39 is 0 Å². The van der Waals surface area contributed by atoms with Crippen LogP contribution in [0.25, 0.3) is 0 Å². The summed E-state index contributed by atoms with van der Waals surface area (Å²) in [4.78, 5) is 6.09. The van der Waals surface area contributed by atoms with Gasteiger partial charge in [-0.3, -0.25) is 0 Å². The van der Waals surface area contributed by atoms with Crippen LogP contribution in [0.1, 0.15) is 24.3 Å². The van der Waals surface area contributed by atoms with E-state index in [0.717, 1.165) is 25.5 Å². The minimum atomic E-state index is 0.583. The predicted octanol–water partition coefficient (Wildman–Crippen LogP) is 3.02. The summed E-state index contributed by atoms with van der Waals surface area (Å²) in [5, 5.41) is 8.89. The van der Waals surface area contributed by atoms with Gasteiger partial charge in [-0.15, -0.1) is 11.3 Å². The maximum atomic E-state index is 4.65. The molecule has 0 aromatic carbocycles. The second kappa shape index (κ2) is 8.63. The van der Waals surface area contributed by atoms with E-state index in [1.807, 2.05) is 29.1 Å².